The van der Waals surface area contributed by atoms with Crippen molar-refractivity contribution in [3.05, 3.63) is 0 Å². The molecule has 2 amide bonds. The van der Waals surface area contributed by atoms with Gasteiger partial charge in [0.1, 0.15) is 0 Å². The topological polar surface area (TPSA) is 41.1 Å². The lowest BCUT2D eigenvalue weighted by Crippen LogP contribution is -2.49. The second kappa shape index (κ2) is 5.38. The summed E-state index contributed by atoms with van der Waals surface area (Å²) in [4.78, 5) is 11.6. The Morgan fingerprint density at radius 3 is 2.07 bits per heavy atom. The highest BCUT2D eigenvalue weighted by atomic mass is 16.2. The van der Waals surface area contributed by atoms with E-state index in [2.05, 4.69) is 10.6 Å². The lowest BCUT2D eigenvalue weighted by atomic mass is 10.1. The van der Waals surface area contributed by atoms with Crippen LogP contribution < -0.4 is 10.6 Å². The van der Waals surface area contributed by atoms with E-state index in [1.54, 1.807) is 0 Å². The molecule has 0 radical (unpaired) electrons. The van der Waals surface area contributed by atoms with Gasteiger partial charge >= 0.3 is 6.03 Å². The fourth-order valence-electron chi connectivity index (χ4n) is 1.99. The van der Waals surface area contributed by atoms with Gasteiger partial charge in [0.05, 0.1) is 0 Å². The van der Waals surface area contributed by atoms with Gasteiger partial charge in [-0.2, -0.15) is 0 Å². The van der Waals surface area contributed by atoms with Crippen LogP contribution in [-0.4, -0.2) is 17.6 Å². The maximum atomic E-state index is 11.6. The molecule has 0 saturated heterocycles. The highest BCUT2D eigenvalue weighted by Gasteiger charge is 2.18. The number of nitrogens with one attached hydrogen (secondary N) is 2. The van der Waals surface area contributed by atoms with Gasteiger partial charge in [-0.05, 0) is 33.6 Å². The molecule has 1 fully saturated rings. The van der Waals surface area contributed by atoms with E-state index in [1.807, 2.05) is 20.8 Å². The van der Waals surface area contributed by atoms with Gasteiger partial charge in [0.25, 0.3) is 0 Å². The summed E-state index contributed by atoms with van der Waals surface area (Å²) in [5.41, 5.74) is -0.144. The number of urea groups is 1. The van der Waals surface area contributed by atoms with Crippen LogP contribution in [0.15, 0.2) is 0 Å². The fourth-order valence-corrected chi connectivity index (χ4v) is 1.99. The monoisotopic (exact) mass is 212 g/mol. The van der Waals surface area contributed by atoms with Gasteiger partial charge in [-0.25, -0.2) is 4.79 Å². The third-order valence-corrected chi connectivity index (χ3v) is 2.68. The molecule has 0 bridgehead atoms. The first kappa shape index (κ1) is 12.3. The van der Waals surface area contributed by atoms with Crippen molar-refractivity contribution in [2.24, 2.45) is 0 Å². The van der Waals surface area contributed by atoms with Crippen LogP contribution in [0.1, 0.15) is 59.3 Å². The van der Waals surface area contributed by atoms with Crippen molar-refractivity contribution in [2.75, 3.05) is 0 Å². The molecule has 0 heterocycles. The van der Waals surface area contributed by atoms with Gasteiger partial charge in [0.15, 0.2) is 0 Å². The Labute approximate surface area is 93.0 Å². The molecule has 1 aliphatic rings. The summed E-state index contributed by atoms with van der Waals surface area (Å²) >= 11 is 0. The number of carbonyl (C=O) groups excluding carboxylic acids is 1. The molecule has 0 unspecified atom stereocenters. The largest absolute Gasteiger partial charge is 0.335 e. The average Bonchev–Trinajstić information content (AvgIpc) is 2.28. The third kappa shape index (κ3) is 5.65. The van der Waals surface area contributed by atoms with Gasteiger partial charge in [0, 0.05) is 11.6 Å². The Kier molecular flexibility index (Phi) is 4.43. The van der Waals surface area contributed by atoms with E-state index in [0.29, 0.717) is 6.04 Å². The van der Waals surface area contributed by atoms with Crippen LogP contribution in [0.25, 0.3) is 0 Å². The molecule has 0 spiro atoms. The second-order valence-corrected chi connectivity index (χ2v) is 5.54. The van der Waals surface area contributed by atoms with E-state index in [9.17, 15) is 4.79 Å². The number of hydrogen-bond donors (Lipinski definition) is 2. The fraction of sp³-hybridized carbons (Fsp3) is 0.917. The van der Waals surface area contributed by atoms with E-state index in [1.165, 1.54) is 25.7 Å². The van der Waals surface area contributed by atoms with Crippen molar-refractivity contribution in [1.29, 1.82) is 0 Å². The molecule has 1 saturated carbocycles. The molecule has 0 aliphatic heterocycles. The van der Waals surface area contributed by atoms with E-state index >= 15 is 0 Å². The van der Waals surface area contributed by atoms with Crippen LogP contribution in [0.3, 0.4) is 0 Å². The SMILES string of the molecule is CC(C)(C)NC(=O)NC1CCCCCC1. The first-order valence-corrected chi connectivity index (χ1v) is 6.06. The normalized spacial score (nSPS) is 19.4. The van der Waals surface area contributed by atoms with Gasteiger partial charge in [-0.1, -0.05) is 25.7 Å². The Hall–Kier alpha value is -0.730. The number of hydrogen-bond acceptors (Lipinski definition) is 1. The first-order valence-electron chi connectivity index (χ1n) is 6.06. The third-order valence-electron chi connectivity index (χ3n) is 2.68. The molecule has 0 atom stereocenters. The molecule has 88 valence electrons. The minimum absolute atomic E-state index is 0.0191. The lowest BCUT2D eigenvalue weighted by molar-refractivity contribution is 0.226. The average molecular weight is 212 g/mol. The summed E-state index contributed by atoms with van der Waals surface area (Å²) in [7, 11) is 0. The highest BCUT2D eigenvalue weighted by molar-refractivity contribution is 5.74. The van der Waals surface area contributed by atoms with Crippen LogP contribution in [0.4, 0.5) is 4.79 Å². The molecular weight excluding hydrogens is 188 g/mol. The number of amides is 2. The lowest BCUT2D eigenvalue weighted by Gasteiger charge is -2.23. The van der Waals surface area contributed by atoms with E-state index in [-0.39, 0.29) is 11.6 Å². The Morgan fingerprint density at radius 1 is 1.07 bits per heavy atom. The molecule has 15 heavy (non-hydrogen) atoms. The molecule has 0 aromatic carbocycles. The predicted molar refractivity (Wildman–Crippen MR) is 62.9 cm³/mol. The Morgan fingerprint density at radius 2 is 1.60 bits per heavy atom. The molecule has 2 N–H and O–H groups in total. The molecule has 3 nitrogen and oxygen atoms in total. The van der Waals surface area contributed by atoms with Crippen LogP contribution >= 0.6 is 0 Å². The molecule has 1 aliphatic carbocycles. The molecule has 3 heteroatoms. The van der Waals surface area contributed by atoms with E-state index in [0.717, 1.165) is 12.8 Å². The van der Waals surface area contributed by atoms with Crippen LogP contribution in [-0.2, 0) is 0 Å². The van der Waals surface area contributed by atoms with E-state index in [4.69, 9.17) is 0 Å². The van der Waals surface area contributed by atoms with Crippen LogP contribution in [0, 0.1) is 0 Å². The molecule has 0 aromatic heterocycles. The molecule has 1 rings (SSSR count). The Bertz CT molecular complexity index is 200. The zero-order chi connectivity index (χ0) is 11.3. The quantitative estimate of drug-likeness (QED) is 0.645. The number of rotatable bonds is 1. The Balaban J connectivity index is 2.30. The zero-order valence-electron chi connectivity index (χ0n) is 10.2. The summed E-state index contributed by atoms with van der Waals surface area (Å²) in [5, 5.41) is 6.00. The van der Waals surface area contributed by atoms with Gasteiger partial charge in [-0.3, -0.25) is 0 Å². The van der Waals surface area contributed by atoms with Gasteiger partial charge in [0.2, 0.25) is 0 Å². The van der Waals surface area contributed by atoms with Gasteiger partial charge < -0.3 is 10.6 Å². The van der Waals surface area contributed by atoms with Crippen molar-refractivity contribution in [2.45, 2.75) is 70.9 Å². The minimum atomic E-state index is -0.144. The highest BCUT2D eigenvalue weighted by Crippen LogP contribution is 2.17. The van der Waals surface area contributed by atoms with E-state index < -0.39 is 0 Å². The van der Waals surface area contributed by atoms with Crippen molar-refractivity contribution >= 4 is 6.03 Å². The standard InChI is InChI=1S/C12H24N2O/c1-12(2,3)14-11(15)13-10-8-6-4-5-7-9-10/h10H,4-9H2,1-3H3,(H2,13,14,15). The minimum Gasteiger partial charge on any atom is -0.335 e. The predicted octanol–water partition coefficient (Wildman–Crippen LogP) is 2.81. The second-order valence-electron chi connectivity index (χ2n) is 5.54. The van der Waals surface area contributed by atoms with Gasteiger partial charge in [-0.15, -0.1) is 0 Å². The summed E-state index contributed by atoms with van der Waals surface area (Å²) < 4.78 is 0. The maximum Gasteiger partial charge on any atom is 0.315 e. The smallest absolute Gasteiger partial charge is 0.315 e. The maximum absolute atomic E-state index is 11.6. The van der Waals surface area contributed by atoms with Crippen molar-refractivity contribution in [3.63, 3.8) is 0 Å². The van der Waals surface area contributed by atoms with Crippen LogP contribution in [0.2, 0.25) is 0 Å². The van der Waals surface area contributed by atoms with Crippen molar-refractivity contribution < 1.29 is 4.79 Å². The zero-order valence-corrected chi connectivity index (χ0v) is 10.2. The summed E-state index contributed by atoms with van der Waals surface area (Å²) in [5.74, 6) is 0. The van der Waals surface area contributed by atoms with Crippen molar-refractivity contribution in [3.8, 4) is 0 Å². The van der Waals surface area contributed by atoms with Crippen molar-refractivity contribution in [1.82, 2.24) is 10.6 Å². The molecule has 0 aromatic rings. The first-order chi connectivity index (χ1) is 6.97. The van der Waals surface area contributed by atoms with Crippen LogP contribution in [0.5, 0.6) is 0 Å². The summed E-state index contributed by atoms with van der Waals surface area (Å²) in [6.45, 7) is 6.00. The summed E-state index contributed by atoms with van der Waals surface area (Å²) in [6, 6.07) is 0.365. The summed E-state index contributed by atoms with van der Waals surface area (Å²) in [6.07, 6.45) is 7.41. The number of carbonyl (C=O) groups is 1. The molecular formula is C12H24N2O.